The lowest BCUT2D eigenvalue weighted by Gasteiger charge is -2.34. The Bertz CT molecular complexity index is 1130. The highest BCUT2D eigenvalue weighted by atomic mass is 32.1. The molecule has 4 aromatic rings. The molecule has 8 nitrogen and oxygen atoms in total. The number of aromatic amines is 1. The number of hydrogen-bond acceptors (Lipinski definition) is 6. The number of pyridine rings is 1. The largest absolute Gasteiger partial charge is 0.348 e. The Hall–Kier alpha value is -3.59. The lowest BCUT2D eigenvalue weighted by atomic mass is 9.97. The quantitative estimate of drug-likeness (QED) is 0.545. The molecule has 0 radical (unpaired) electrons. The van der Waals surface area contributed by atoms with E-state index in [0.717, 1.165) is 28.9 Å². The van der Waals surface area contributed by atoms with Crippen molar-refractivity contribution in [2.45, 2.75) is 12.5 Å². The van der Waals surface area contributed by atoms with Crippen molar-refractivity contribution in [3.8, 4) is 11.4 Å². The van der Waals surface area contributed by atoms with Gasteiger partial charge in [-0.15, -0.1) is 0 Å². The molecule has 0 spiro atoms. The fraction of sp³-hybridized carbons (Fsp3) is 0.150. The van der Waals surface area contributed by atoms with E-state index in [1.807, 2.05) is 42.5 Å². The summed E-state index contributed by atoms with van der Waals surface area (Å²) in [6.07, 6.45) is 5.85. The van der Waals surface area contributed by atoms with Crippen molar-refractivity contribution in [3.05, 3.63) is 78.1 Å². The van der Waals surface area contributed by atoms with Crippen LogP contribution in [0.15, 0.2) is 61.2 Å². The number of fused-ring (bicyclic) bond motifs is 1. The van der Waals surface area contributed by atoms with Crippen molar-refractivity contribution in [2.75, 3.05) is 11.9 Å². The van der Waals surface area contributed by atoms with Gasteiger partial charge in [-0.25, -0.2) is 9.78 Å². The molecule has 4 heterocycles. The highest BCUT2D eigenvalue weighted by Crippen LogP contribution is 2.33. The third-order valence-corrected chi connectivity index (χ3v) is 5.51. The molecule has 1 aromatic carbocycles. The van der Waals surface area contributed by atoms with Gasteiger partial charge in [0.2, 0.25) is 5.13 Å². The second-order valence-electron chi connectivity index (χ2n) is 6.61. The van der Waals surface area contributed by atoms with Crippen LogP contribution in [0.25, 0.3) is 11.4 Å². The monoisotopic (exact) mass is 403 g/mol. The zero-order valence-electron chi connectivity index (χ0n) is 15.3. The topological polar surface area (TPSA) is 99.7 Å². The van der Waals surface area contributed by atoms with Crippen LogP contribution in [0, 0.1) is 0 Å². The van der Waals surface area contributed by atoms with E-state index in [2.05, 4.69) is 29.6 Å². The Kier molecular flexibility index (Phi) is 4.49. The number of anilines is 1. The van der Waals surface area contributed by atoms with Crippen molar-refractivity contribution in [2.24, 2.45) is 0 Å². The van der Waals surface area contributed by atoms with E-state index in [9.17, 15) is 4.79 Å². The molecule has 144 valence electrons. The van der Waals surface area contributed by atoms with Gasteiger partial charge in [-0.05, 0) is 17.7 Å². The summed E-state index contributed by atoms with van der Waals surface area (Å²) < 4.78 is 4.36. The third-order valence-electron chi connectivity index (χ3n) is 4.88. The van der Waals surface area contributed by atoms with Gasteiger partial charge in [-0.2, -0.15) is 9.36 Å². The van der Waals surface area contributed by atoms with Crippen LogP contribution in [0.1, 0.15) is 23.0 Å². The molecule has 1 unspecified atom stereocenters. The number of rotatable bonds is 3. The molecule has 0 saturated heterocycles. The standard InChI is InChI=1S/C20H17N7OS/c28-20(25-19-24-18(26-29-19)14-4-2-1-3-5-14)27-11-8-15-16(23-12-22-15)17(27)13-6-9-21-10-7-13/h1-7,9-10,12,17H,8,11H2,(H,22,23)(H,24,25,26,28). The second-order valence-corrected chi connectivity index (χ2v) is 7.36. The Morgan fingerprint density at radius 2 is 2.00 bits per heavy atom. The van der Waals surface area contributed by atoms with Gasteiger partial charge in [0, 0.05) is 48.1 Å². The van der Waals surface area contributed by atoms with E-state index < -0.39 is 0 Å². The molecular formula is C20H17N7OS. The van der Waals surface area contributed by atoms with Crippen LogP contribution in [0.3, 0.4) is 0 Å². The molecule has 1 aliphatic heterocycles. The predicted octanol–water partition coefficient (Wildman–Crippen LogP) is 3.50. The smallest absolute Gasteiger partial charge is 0.324 e. The van der Waals surface area contributed by atoms with Gasteiger partial charge in [0.1, 0.15) is 6.04 Å². The number of hydrogen-bond donors (Lipinski definition) is 2. The number of aromatic nitrogens is 5. The van der Waals surface area contributed by atoms with Crippen LogP contribution in [0.2, 0.25) is 0 Å². The molecule has 3 aromatic heterocycles. The minimum atomic E-state index is -0.283. The van der Waals surface area contributed by atoms with Gasteiger partial charge < -0.3 is 9.88 Å². The van der Waals surface area contributed by atoms with Crippen LogP contribution in [-0.4, -0.2) is 41.8 Å². The van der Waals surface area contributed by atoms with E-state index >= 15 is 0 Å². The van der Waals surface area contributed by atoms with E-state index in [1.165, 1.54) is 11.5 Å². The zero-order chi connectivity index (χ0) is 19.6. The molecule has 2 N–H and O–H groups in total. The number of carbonyl (C=O) groups is 1. The summed E-state index contributed by atoms with van der Waals surface area (Å²) >= 11 is 1.17. The van der Waals surface area contributed by atoms with E-state index in [-0.39, 0.29) is 12.1 Å². The van der Waals surface area contributed by atoms with Crippen molar-refractivity contribution >= 4 is 22.7 Å². The third kappa shape index (κ3) is 3.36. The molecule has 0 fully saturated rings. The van der Waals surface area contributed by atoms with Crippen LogP contribution in [0.4, 0.5) is 9.93 Å². The maximum Gasteiger partial charge on any atom is 0.324 e. The van der Waals surface area contributed by atoms with Crippen LogP contribution >= 0.6 is 11.5 Å². The summed E-state index contributed by atoms with van der Waals surface area (Å²) in [7, 11) is 0. The Labute approximate surface area is 170 Å². The number of carbonyl (C=O) groups excluding carboxylic acids is 1. The first-order valence-electron chi connectivity index (χ1n) is 9.18. The summed E-state index contributed by atoms with van der Waals surface area (Å²) in [5, 5.41) is 3.37. The number of nitrogens with zero attached hydrogens (tertiary/aromatic N) is 5. The number of imidazole rings is 1. The van der Waals surface area contributed by atoms with E-state index in [0.29, 0.717) is 17.5 Å². The average Bonchev–Trinajstić information content (AvgIpc) is 3.43. The number of urea groups is 1. The van der Waals surface area contributed by atoms with Crippen molar-refractivity contribution in [3.63, 3.8) is 0 Å². The summed E-state index contributed by atoms with van der Waals surface area (Å²) in [5.74, 6) is 0.602. The maximum atomic E-state index is 13.1. The average molecular weight is 403 g/mol. The fourth-order valence-corrected chi connectivity index (χ4v) is 4.10. The molecular weight excluding hydrogens is 386 g/mol. The molecule has 9 heteroatoms. The SMILES string of the molecule is O=C(Nc1nc(-c2ccccc2)ns1)N1CCc2[nH]cnc2C1c1ccncc1. The molecule has 2 amide bonds. The van der Waals surface area contributed by atoms with Gasteiger partial charge in [0.25, 0.3) is 0 Å². The zero-order valence-corrected chi connectivity index (χ0v) is 16.1. The van der Waals surface area contributed by atoms with Crippen LogP contribution in [0.5, 0.6) is 0 Å². The normalized spacial score (nSPS) is 15.7. The lowest BCUT2D eigenvalue weighted by molar-refractivity contribution is 0.192. The summed E-state index contributed by atoms with van der Waals surface area (Å²) in [4.78, 5) is 31.1. The van der Waals surface area contributed by atoms with E-state index in [4.69, 9.17) is 0 Å². The molecule has 1 atom stereocenters. The molecule has 1 aliphatic rings. The first-order chi connectivity index (χ1) is 14.3. The molecule has 0 saturated carbocycles. The summed E-state index contributed by atoms with van der Waals surface area (Å²) in [5.41, 5.74) is 3.79. The van der Waals surface area contributed by atoms with Gasteiger partial charge in [0.15, 0.2) is 5.82 Å². The van der Waals surface area contributed by atoms with Crippen molar-refractivity contribution < 1.29 is 4.79 Å². The molecule has 29 heavy (non-hydrogen) atoms. The Balaban J connectivity index is 1.41. The minimum absolute atomic E-state index is 0.226. The first kappa shape index (κ1) is 17.5. The first-order valence-corrected chi connectivity index (χ1v) is 9.96. The lowest BCUT2D eigenvalue weighted by Crippen LogP contribution is -2.43. The number of amides is 2. The highest BCUT2D eigenvalue weighted by molar-refractivity contribution is 7.10. The van der Waals surface area contributed by atoms with Crippen molar-refractivity contribution in [1.29, 1.82) is 0 Å². The van der Waals surface area contributed by atoms with E-state index in [1.54, 1.807) is 23.6 Å². The summed E-state index contributed by atoms with van der Waals surface area (Å²) in [6.45, 7) is 0.568. The second kappa shape index (κ2) is 7.44. The van der Waals surface area contributed by atoms with Crippen molar-refractivity contribution in [1.82, 2.24) is 29.2 Å². The Morgan fingerprint density at radius 3 is 2.83 bits per heavy atom. The van der Waals surface area contributed by atoms with Crippen LogP contribution < -0.4 is 5.32 Å². The Morgan fingerprint density at radius 1 is 1.17 bits per heavy atom. The van der Waals surface area contributed by atoms with Gasteiger partial charge in [-0.3, -0.25) is 10.3 Å². The molecule has 0 aliphatic carbocycles. The molecule has 0 bridgehead atoms. The maximum absolute atomic E-state index is 13.1. The fourth-order valence-electron chi connectivity index (χ4n) is 3.52. The summed E-state index contributed by atoms with van der Waals surface area (Å²) in [6, 6.07) is 13.0. The minimum Gasteiger partial charge on any atom is -0.348 e. The van der Waals surface area contributed by atoms with Gasteiger partial charge >= 0.3 is 6.03 Å². The number of H-pyrrole nitrogens is 1. The molecule has 5 rings (SSSR count). The number of benzene rings is 1. The van der Waals surface area contributed by atoms with Gasteiger partial charge in [-0.1, -0.05) is 30.3 Å². The predicted molar refractivity (Wildman–Crippen MR) is 109 cm³/mol. The van der Waals surface area contributed by atoms with Crippen LogP contribution in [-0.2, 0) is 6.42 Å². The number of nitrogens with one attached hydrogen (secondary N) is 2. The van der Waals surface area contributed by atoms with Gasteiger partial charge in [0.05, 0.1) is 12.0 Å². The highest BCUT2D eigenvalue weighted by Gasteiger charge is 2.34.